The maximum atomic E-state index is 11.7. The third-order valence-corrected chi connectivity index (χ3v) is 3.04. The van der Waals surface area contributed by atoms with Gasteiger partial charge in [0.1, 0.15) is 0 Å². The lowest BCUT2D eigenvalue weighted by molar-refractivity contribution is -0.385. The smallest absolute Gasteiger partial charge is 0.274 e. The Morgan fingerprint density at radius 2 is 2.21 bits per heavy atom. The van der Waals surface area contributed by atoms with E-state index in [-0.39, 0.29) is 17.5 Å². The maximum Gasteiger partial charge on any atom is 0.274 e. The van der Waals surface area contributed by atoms with E-state index in [4.69, 9.17) is 5.73 Å². The molecular formula is C13H19N3O3. The molecule has 0 aromatic heterocycles. The van der Waals surface area contributed by atoms with Crippen molar-refractivity contribution in [1.82, 2.24) is 0 Å². The molecule has 0 aliphatic carbocycles. The molecule has 0 aliphatic heterocycles. The van der Waals surface area contributed by atoms with Crippen molar-refractivity contribution in [2.75, 3.05) is 11.9 Å². The molecule has 1 unspecified atom stereocenters. The minimum Gasteiger partial charge on any atom is -0.330 e. The summed E-state index contributed by atoms with van der Waals surface area (Å²) in [4.78, 5) is 22.1. The second-order valence-electron chi connectivity index (χ2n) is 4.63. The van der Waals surface area contributed by atoms with Crippen LogP contribution in [0.1, 0.15) is 25.3 Å². The summed E-state index contributed by atoms with van der Waals surface area (Å²) in [5.41, 5.74) is 6.44. The third kappa shape index (κ3) is 4.33. The molecule has 3 N–H and O–H groups in total. The van der Waals surface area contributed by atoms with Crippen LogP contribution in [-0.2, 0) is 4.79 Å². The number of nitro groups is 1. The lowest BCUT2D eigenvalue weighted by atomic mass is 10.1. The Bertz CT molecular complexity index is 474. The molecule has 1 amide bonds. The molecule has 0 fully saturated rings. The topological polar surface area (TPSA) is 98.3 Å². The van der Waals surface area contributed by atoms with Gasteiger partial charge in [-0.3, -0.25) is 14.9 Å². The number of nitrogens with two attached hydrogens (primary N) is 1. The van der Waals surface area contributed by atoms with Gasteiger partial charge in [0, 0.05) is 12.5 Å². The molecule has 0 saturated heterocycles. The first-order valence-electron chi connectivity index (χ1n) is 6.19. The fraction of sp³-hybridized carbons (Fsp3) is 0.462. The highest BCUT2D eigenvalue weighted by Gasteiger charge is 2.14. The van der Waals surface area contributed by atoms with Gasteiger partial charge in [-0.2, -0.15) is 0 Å². The van der Waals surface area contributed by atoms with Crippen LogP contribution in [0.4, 0.5) is 11.4 Å². The van der Waals surface area contributed by atoms with Crippen LogP contribution < -0.4 is 11.1 Å². The van der Waals surface area contributed by atoms with E-state index in [1.54, 1.807) is 19.1 Å². The average Bonchev–Trinajstić information content (AvgIpc) is 2.38. The standard InChI is InChI=1S/C13H19N3O3/c1-9(8-14)6-7-13(17)15-11-4-3-5-12(10(11)2)16(18)19/h3-5,9H,6-8,14H2,1-2H3,(H,15,17). The van der Waals surface area contributed by atoms with E-state index in [0.29, 0.717) is 30.6 Å². The molecule has 1 rings (SSSR count). The van der Waals surface area contributed by atoms with Crippen molar-refractivity contribution in [3.63, 3.8) is 0 Å². The summed E-state index contributed by atoms with van der Waals surface area (Å²) in [5.74, 6) is 0.140. The normalized spacial score (nSPS) is 11.9. The number of hydrogen-bond acceptors (Lipinski definition) is 4. The Morgan fingerprint density at radius 1 is 1.53 bits per heavy atom. The summed E-state index contributed by atoms with van der Waals surface area (Å²) in [5, 5.41) is 13.5. The van der Waals surface area contributed by atoms with Gasteiger partial charge in [-0.1, -0.05) is 13.0 Å². The molecule has 1 atom stereocenters. The summed E-state index contributed by atoms with van der Waals surface area (Å²) in [7, 11) is 0. The number of amides is 1. The van der Waals surface area contributed by atoms with Crippen LogP contribution in [0, 0.1) is 23.0 Å². The molecular weight excluding hydrogens is 246 g/mol. The Hall–Kier alpha value is -1.95. The Labute approximate surface area is 112 Å². The van der Waals surface area contributed by atoms with Crippen molar-refractivity contribution in [3.05, 3.63) is 33.9 Å². The second-order valence-corrected chi connectivity index (χ2v) is 4.63. The van der Waals surface area contributed by atoms with Crippen molar-refractivity contribution in [2.45, 2.75) is 26.7 Å². The fourth-order valence-electron chi connectivity index (χ4n) is 1.66. The number of hydrogen-bond donors (Lipinski definition) is 2. The highest BCUT2D eigenvalue weighted by Crippen LogP contribution is 2.25. The molecule has 1 aromatic carbocycles. The Kier molecular flexibility index (Phi) is 5.44. The van der Waals surface area contributed by atoms with Gasteiger partial charge in [0.2, 0.25) is 5.91 Å². The predicted octanol–water partition coefficient (Wildman–Crippen LogP) is 2.22. The van der Waals surface area contributed by atoms with Gasteiger partial charge in [0.25, 0.3) is 5.69 Å². The Morgan fingerprint density at radius 3 is 2.79 bits per heavy atom. The number of carbonyl (C=O) groups is 1. The van der Waals surface area contributed by atoms with Crippen LogP contribution in [0.3, 0.4) is 0 Å². The Balaban J connectivity index is 2.69. The summed E-state index contributed by atoms with van der Waals surface area (Å²) in [6.45, 7) is 4.14. The van der Waals surface area contributed by atoms with Gasteiger partial charge in [-0.15, -0.1) is 0 Å². The highest BCUT2D eigenvalue weighted by molar-refractivity contribution is 5.92. The highest BCUT2D eigenvalue weighted by atomic mass is 16.6. The van der Waals surface area contributed by atoms with E-state index < -0.39 is 4.92 Å². The van der Waals surface area contributed by atoms with Gasteiger partial charge in [-0.25, -0.2) is 0 Å². The van der Waals surface area contributed by atoms with E-state index in [1.165, 1.54) is 6.07 Å². The molecule has 0 bridgehead atoms. The molecule has 0 spiro atoms. The minimum atomic E-state index is -0.457. The molecule has 19 heavy (non-hydrogen) atoms. The van der Waals surface area contributed by atoms with Crippen LogP contribution >= 0.6 is 0 Å². The molecule has 0 saturated carbocycles. The SMILES string of the molecule is Cc1c(NC(=O)CCC(C)CN)cccc1[N+](=O)[O-]. The lowest BCUT2D eigenvalue weighted by Gasteiger charge is -2.10. The summed E-state index contributed by atoms with van der Waals surface area (Å²) < 4.78 is 0. The number of benzene rings is 1. The van der Waals surface area contributed by atoms with Crippen LogP contribution in [0.2, 0.25) is 0 Å². The first kappa shape index (κ1) is 15.1. The molecule has 0 heterocycles. The monoisotopic (exact) mass is 265 g/mol. The third-order valence-electron chi connectivity index (χ3n) is 3.04. The van der Waals surface area contributed by atoms with E-state index in [2.05, 4.69) is 5.32 Å². The summed E-state index contributed by atoms with van der Waals surface area (Å²) >= 11 is 0. The first-order valence-corrected chi connectivity index (χ1v) is 6.19. The average molecular weight is 265 g/mol. The first-order chi connectivity index (χ1) is 8.95. The van der Waals surface area contributed by atoms with Crippen LogP contribution in [-0.4, -0.2) is 17.4 Å². The summed E-state index contributed by atoms with van der Waals surface area (Å²) in [6, 6.07) is 4.64. The lowest BCUT2D eigenvalue weighted by Crippen LogP contribution is -2.17. The largest absolute Gasteiger partial charge is 0.330 e. The number of nitrogens with one attached hydrogen (secondary N) is 1. The van der Waals surface area contributed by atoms with Crippen molar-refractivity contribution in [3.8, 4) is 0 Å². The van der Waals surface area contributed by atoms with Crippen molar-refractivity contribution < 1.29 is 9.72 Å². The van der Waals surface area contributed by atoms with Crippen molar-refractivity contribution in [2.24, 2.45) is 11.7 Å². The van der Waals surface area contributed by atoms with Crippen LogP contribution in [0.5, 0.6) is 0 Å². The zero-order valence-corrected chi connectivity index (χ0v) is 11.2. The number of anilines is 1. The zero-order valence-electron chi connectivity index (χ0n) is 11.2. The maximum absolute atomic E-state index is 11.7. The van der Waals surface area contributed by atoms with Gasteiger partial charge in [-0.05, 0) is 31.9 Å². The molecule has 0 aliphatic rings. The summed E-state index contributed by atoms with van der Waals surface area (Å²) in [6.07, 6.45) is 1.07. The van der Waals surface area contributed by atoms with Gasteiger partial charge < -0.3 is 11.1 Å². The number of nitrogens with zero attached hydrogens (tertiary/aromatic N) is 1. The molecule has 1 aromatic rings. The number of rotatable bonds is 6. The number of nitro benzene ring substituents is 1. The molecule has 0 radical (unpaired) electrons. The molecule has 6 nitrogen and oxygen atoms in total. The van der Waals surface area contributed by atoms with Crippen LogP contribution in [0.15, 0.2) is 18.2 Å². The van der Waals surface area contributed by atoms with Crippen molar-refractivity contribution >= 4 is 17.3 Å². The zero-order chi connectivity index (χ0) is 14.4. The fourth-order valence-corrected chi connectivity index (χ4v) is 1.66. The van der Waals surface area contributed by atoms with Crippen LogP contribution in [0.25, 0.3) is 0 Å². The van der Waals surface area contributed by atoms with Crippen molar-refractivity contribution in [1.29, 1.82) is 0 Å². The molecule has 104 valence electrons. The molecule has 6 heteroatoms. The van der Waals surface area contributed by atoms with Gasteiger partial charge >= 0.3 is 0 Å². The van der Waals surface area contributed by atoms with E-state index in [0.717, 1.165) is 0 Å². The second kappa shape index (κ2) is 6.84. The van der Waals surface area contributed by atoms with E-state index in [1.807, 2.05) is 6.92 Å². The van der Waals surface area contributed by atoms with E-state index >= 15 is 0 Å². The quantitative estimate of drug-likeness (QED) is 0.608. The van der Waals surface area contributed by atoms with Gasteiger partial charge in [0.05, 0.1) is 16.2 Å². The predicted molar refractivity (Wildman–Crippen MR) is 73.9 cm³/mol. The minimum absolute atomic E-state index is 0.00752. The number of carbonyl (C=O) groups excluding carboxylic acids is 1. The van der Waals surface area contributed by atoms with Gasteiger partial charge in [0.15, 0.2) is 0 Å². The van der Waals surface area contributed by atoms with E-state index in [9.17, 15) is 14.9 Å².